The van der Waals surface area contributed by atoms with Crippen LogP contribution in [0.25, 0.3) is 0 Å². The van der Waals surface area contributed by atoms with Gasteiger partial charge in [-0.2, -0.15) is 0 Å². The van der Waals surface area contributed by atoms with Gasteiger partial charge in [0.1, 0.15) is 0 Å². The summed E-state index contributed by atoms with van der Waals surface area (Å²) in [7, 11) is 0. The Kier molecular flexibility index (Phi) is 5.39. The van der Waals surface area contributed by atoms with Gasteiger partial charge >= 0.3 is 0 Å². The number of piperazine rings is 1. The number of amides is 1. The van der Waals surface area contributed by atoms with Gasteiger partial charge in [-0.25, -0.2) is 0 Å². The third kappa shape index (κ3) is 4.12. The molecule has 1 atom stereocenters. The van der Waals surface area contributed by atoms with E-state index in [1.165, 1.54) is 6.42 Å². The number of rotatable bonds is 4. The maximum absolute atomic E-state index is 13.3. The fourth-order valence-electron chi connectivity index (χ4n) is 3.98. The van der Waals surface area contributed by atoms with Gasteiger partial charge < -0.3 is 15.3 Å². The molecule has 24 heavy (non-hydrogen) atoms. The Morgan fingerprint density at radius 3 is 2.25 bits per heavy atom. The fraction of sp³-hybridized carbons (Fsp3) is 0.947. The van der Waals surface area contributed by atoms with E-state index in [0.717, 1.165) is 32.2 Å². The van der Waals surface area contributed by atoms with Gasteiger partial charge in [-0.1, -0.05) is 19.3 Å². The predicted octanol–water partition coefficient (Wildman–Crippen LogP) is 2.04. The van der Waals surface area contributed by atoms with Crippen molar-refractivity contribution in [2.45, 2.75) is 95.8 Å². The smallest absolute Gasteiger partial charge is 0.243 e. The molecule has 1 amide bonds. The summed E-state index contributed by atoms with van der Waals surface area (Å²) in [5.74, 6) is 0.175. The van der Waals surface area contributed by atoms with Crippen LogP contribution in [0.3, 0.4) is 0 Å². The first-order valence-corrected chi connectivity index (χ1v) is 9.41. The molecule has 1 spiro atoms. The molecule has 1 unspecified atom stereocenters. The summed E-state index contributed by atoms with van der Waals surface area (Å²) in [6.45, 7) is 14.0. The zero-order valence-corrected chi connectivity index (χ0v) is 16.5. The Balaban J connectivity index is 2.31. The molecule has 0 aromatic carbocycles. The standard InChI is InChI=1S/C19H37N3O2/c1-16(2,3)20-12-18(6)13-22(17(4,5)14-23)15(24)19(21-18)10-8-7-9-11-19/h20-21,23H,7-14H2,1-6H3. The third-order valence-electron chi connectivity index (χ3n) is 5.54. The van der Waals surface area contributed by atoms with Crippen LogP contribution in [0.5, 0.6) is 0 Å². The molecule has 0 aromatic heterocycles. The monoisotopic (exact) mass is 339 g/mol. The predicted molar refractivity (Wildman–Crippen MR) is 98.0 cm³/mol. The lowest BCUT2D eigenvalue weighted by Gasteiger charge is -2.56. The van der Waals surface area contributed by atoms with E-state index in [4.69, 9.17) is 0 Å². The Labute approximate surface area is 147 Å². The van der Waals surface area contributed by atoms with E-state index in [0.29, 0.717) is 6.54 Å². The van der Waals surface area contributed by atoms with Crippen molar-refractivity contribution < 1.29 is 9.90 Å². The second-order valence-corrected chi connectivity index (χ2v) is 9.79. The second kappa shape index (κ2) is 6.58. The van der Waals surface area contributed by atoms with E-state index in [9.17, 15) is 9.90 Å². The number of nitrogens with zero attached hydrogens (tertiary/aromatic N) is 1. The first-order valence-electron chi connectivity index (χ1n) is 9.41. The van der Waals surface area contributed by atoms with Crippen LogP contribution in [0.4, 0.5) is 0 Å². The van der Waals surface area contributed by atoms with Gasteiger partial charge in [0.15, 0.2) is 0 Å². The molecule has 1 saturated carbocycles. The van der Waals surface area contributed by atoms with Crippen molar-refractivity contribution in [1.82, 2.24) is 15.5 Å². The third-order valence-corrected chi connectivity index (χ3v) is 5.54. The van der Waals surface area contributed by atoms with Crippen LogP contribution in [0.2, 0.25) is 0 Å². The number of carbonyl (C=O) groups excluding carboxylic acids is 1. The topological polar surface area (TPSA) is 64.6 Å². The van der Waals surface area contributed by atoms with Gasteiger partial charge in [0.2, 0.25) is 5.91 Å². The zero-order valence-electron chi connectivity index (χ0n) is 16.5. The van der Waals surface area contributed by atoms with Crippen molar-refractivity contribution in [3.05, 3.63) is 0 Å². The molecule has 5 nitrogen and oxygen atoms in total. The first kappa shape index (κ1) is 19.7. The van der Waals surface area contributed by atoms with Crippen molar-refractivity contribution in [2.24, 2.45) is 0 Å². The van der Waals surface area contributed by atoms with Crippen LogP contribution in [-0.4, -0.2) is 57.8 Å². The lowest BCUT2D eigenvalue weighted by Crippen LogP contribution is -2.78. The lowest BCUT2D eigenvalue weighted by atomic mass is 9.75. The number of aliphatic hydroxyl groups excluding tert-OH is 1. The molecular weight excluding hydrogens is 302 g/mol. The van der Waals surface area contributed by atoms with Crippen LogP contribution in [0.1, 0.15) is 73.6 Å². The average molecular weight is 340 g/mol. The Morgan fingerprint density at radius 1 is 1.17 bits per heavy atom. The van der Waals surface area contributed by atoms with Gasteiger partial charge in [0, 0.05) is 24.2 Å². The maximum atomic E-state index is 13.3. The molecule has 2 aliphatic rings. The molecule has 3 N–H and O–H groups in total. The van der Waals surface area contributed by atoms with Crippen LogP contribution >= 0.6 is 0 Å². The summed E-state index contributed by atoms with van der Waals surface area (Å²) in [6.07, 6.45) is 5.19. The summed E-state index contributed by atoms with van der Waals surface area (Å²) in [5, 5.41) is 17.2. The van der Waals surface area contributed by atoms with E-state index < -0.39 is 11.1 Å². The number of nitrogens with one attached hydrogen (secondary N) is 2. The number of hydrogen-bond donors (Lipinski definition) is 3. The molecule has 0 radical (unpaired) electrons. The highest BCUT2D eigenvalue weighted by Gasteiger charge is 2.54. The van der Waals surface area contributed by atoms with Crippen LogP contribution < -0.4 is 10.6 Å². The summed E-state index contributed by atoms with van der Waals surface area (Å²) in [5.41, 5.74) is -1.17. The highest BCUT2D eigenvalue weighted by Crippen LogP contribution is 2.37. The van der Waals surface area contributed by atoms with Crippen LogP contribution in [0.15, 0.2) is 0 Å². The van der Waals surface area contributed by atoms with Gasteiger partial charge in [-0.05, 0) is 54.4 Å². The van der Waals surface area contributed by atoms with E-state index in [-0.39, 0.29) is 23.6 Å². The molecule has 0 aromatic rings. The molecule has 1 heterocycles. The average Bonchev–Trinajstić information content (AvgIpc) is 2.49. The van der Waals surface area contributed by atoms with Gasteiger partial charge in [0.25, 0.3) is 0 Å². The minimum absolute atomic E-state index is 0.0163. The molecule has 2 rings (SSSR count). The SMILES string of the molecule is CC(C)(C)NCC1(C)CN(C(C)(C)CO)C(=O)C2(CCCCC2)N1. The quantitative estimate of drug-likeness (QED) is 0.733. The molecule has 1 aliphatic carbocycles. The van der Waals surface area contributed by atoms with Gasteiger partial charge in [-0.15, -0.1) is 0 Å². The molecule has 140 valence electrons. The summed E-state index contributed by atoms with van der Waals surface area (Å²) >= 11 is 0. The Bertz CT molecular complexity index is 464. The first-order chi connectivity index (χ1) is 10.9. The lowest BCUT2D eigenvalue weighted by molar-refractivity contribution is -0.157. The number of carbonyl (C=O) groups is 1. The van der Waals surface area contributed by atoms with E-state index >= 15 is 0 Å². The van der Waals surface area contributed by atoms with Gasteiger partial charge in [0.05, 0.1) is 17.7 Å². The van der Waals surface area contributed by atoms with Crippen molar-refractivity contribution in [1.29, 1.82) is 0 Å². The van der Waals surface area contributed by atoms with Gasteiger partial charge in [-0.3, -0.25) is 10.1 Å². The molecule has 1 aliphatic heterocycles. The highest BCUT2D eigenvalue weighted by molar-refractivity contribution is 5.88. The molecular formula is C19H37N3O2. The van der Waals surface area contributed by atoms with E-state index in [2.05, 4.69) is 38.3 Å². The molecule has 1 saturated heterocycles. The minimum atomic E-state index is -0.535. The minimum Gasteiger partial charge on any atom is -0.394 e. The number of hydrogen-bond acceptors (Lipinski definition) is 4. The van der Waals surface area contributed by atoms with E-state index in [1.54, 1.807) is 0 Å². The van der Waals surface area contributed by atoms with Crippen molar-refractivity contribution in [2.75, 3.05) is 19.7 Å². The Morgan fingerprint density at radius 2 is 1.75 bits per heavy atom. The normalized spacial score (nSPS) is 28.5. The molecule has 0 bridgehead atoms. The van der Waals surface area contributed by atoms with Crippen LogP contribution in [-0.2, 0) is 4.79 Å². The largest absolute Gasteiger partial charge is 0.394 e. The molecule has 5 heteroatoms. The summed E-state index contributed by atoms with van der Waals surface area (Å²) in [6, 6.07) is 0. The molecule has 2 fully saturated rings. The zero-order chi connectivity index (χ0) is 18.2. The van der Waals surface area contributed by atoms with Crippen LogP contribution in [0, 0.1) is 0 Å². The van der Waals surface area contributed by atoms with Crippen molar-refractivity contribution in [3.8, 4) is 0 Å². The van der Waals surface area contributed by atoms with E-state index in [1.807, 2.05) is 18.7 Å². The van der Waals surface area contributed by atoms with Crippen molar-refractivity contribution >= 4 is 5.91 Å². The summed E-state index contributed by atoms with van der Waals surface area (Å²) < 4.78 is 0. The Hall–Kier alpha value is -0.650. The fourth-order valence-corrected chi connectivity index (χ4v) is 3.98. The summed E-state index contributed by atoms with van der Waals surface area (Å²) in [4.78, 5) is 15.3. The maximum Gasteiger partial charge on any atom is 0.243 e. The second-order valence-electron chi connectivity index (χ2n) is 9.79. The van der Waals surface area contributed by atoms with Crippen molar-refractivity contribution in [3.63, 3.8) is 0 Å². The highest BCUT2D eigenvalue weighted by atomic mass is 16.3. The number of aliphatic hydroxyl groups is 1.